The number of aromatic nitrogens is 1. The van der Waals surface area contributed by atoms with Crippen LogP contribution in [0.2, 0.25) is 0 Å². The van der Waals surface area contributed by atoms with Crippen molar-refractivity contribution in [2.45, 2.75) is 57.0 Å². The molecule has 0 aliphatic heterocycles. The molecule has 30 heavy (non-hydrogen) atoms. The van der Waals surface area contributed by atoms with Gasteiger partial charge in [0.1, 0.15) is 18.0 Å². The van der Waals surface area contributed by atoms with Gasteiger partial charge >= 0.3 is 6.18 Å². The number of carbonyl (C=O) groups is 1. The zero-order valence-corrected chi connectivity index (χ0v) is 16.6. The number of hydrogen-bond donors (Lipinski definition) is 3. The van der Waals surface area contributed by atoms with Crippen molar-refractivity contribution in [3.63, 3.8) is 0 Å². The van der Waals surface area contributed by atoms with Crippen LogP contribution < -0.4 is 10.1 Å². The number of fused-ring (bicyclic) bond motifs is 1. The van der Waals surface area contributed by atoms with E-state index in [0.29, 0.717) is 25.1 Å². The predicted octanol–water partition coefficient (Wildman–Crippen LogP) is 3.65. The molecule has 162 valence electrons. The van der Waals surface area contributed by atoms with Crippen molar-refractivity contribution >= 4 is 5.78 Å². The van der Waals surface area contributed by atoms with Crippen molar-refractivity contribution < 1.29 is 27.8 Å². The lowest BCUT2D eigenvalue weighted by molar-refractivity contribution is -0.137. The molecule has 4 unspecified atom stereocenters. The first-order valence-corrected chi connectivity index (χ1v) is 10.2. The zero-order valence-electron chi connectivity index (χ0n) is 16.6. The highest BCUT2D eigenvalue weighted by Crippen LogP contribution is 2.32. The number of nitrogens with one attached hydrogen (secondary N) is 2. The Bertz CT molecular complexity index is 907. The first kappa shape index (κ1) is 20.9. The summed E-state index contributed by atoms with van der Waals surface area (Å²) in [4.78, 5) is 15.9. The van der Waals surface area contributed by atoms with E-state index < -0.39 is 23.9 Å². The lowest BCUT2D eigenvalue weighted by Crippen LogP contribution is -2.44. The number of aryl methyl sites for hydroxylation is 2. The number of rotatable bonds is 5. The van der Waals surface area contributed by atoms with Crippen LogP contribution >= 0.6 is 0 Å². The summed E-state index contributed by atoms with van der Waals surface area (Å²) in [5.74, 6) is 0.290. The van der Waals surface area contributed by atoms with Gasteiger partial charge in [0, 0.05) is 35.5 Å². The Balaban J connectivity index is 1.31. The minimum Gasteiger partial charge on any atom is -0.488 e. The quantitative estimate of drug-likeness (QED) is 0.688. The summed E-state index contributed by atoms with van der Waals surface area (Å²) in [5.41, 5.74) is 2.01. The van der Waals surface area contributed by atoms with E-state index in [4.69, 9.17) is 4.74 Å². The summed E-state index contributed by atoms with van der Waals surface area (Å²) >= 11 is 0. The molecule has 0 amide bonds. The van der Waals surface area contributed by atoms with Gasteiger partial charge in [0.15, 0.2) is 5.78 Å². The maximum absolute atomic E-state index is 12.7. The van der Waals surface area contributed by atoms with Crippen LogP contribution in [-0.4, -0.2) is 40.7 Å². The number of carbonyl (C=O) groups excluding carboxylic acids is 1. The number of Topliss-reactive ketones (excluding diaryl/α,β-unsaturated/α-hetero) is 1. The van der Waals surface area contributed by atoms with Crippen LogP contribution in [-0.2, 0) is 12.6 Å². The number of ketones is 1. The van der Waals surface area contributed by atoms with Gasteiger partial charge in [-0.15, -0.1) is 0 Å². The molecule has 1 aromatic heterocycles. The number of alkyl halides is 3. The SMILES string of the molecule is Cc1cc2c([nH]1)CCC(CNC1CCC(Oc3ccc(C(F)(F)F)cc3)C1O)C2=O. The van der Waals surface area contributed by atoms with Crippen LogP contribution in [0.1, 0.15) is 46.6 Å². The van der Waals surface area contributed by atoms with Crippen molar-refractivity contribution in [3.8, 4) is 5.75 Å². The molecule has 4 rings (SSSR count). The molecule has 8 heteroatoms. The average Bonchev–Trinajstić information content (AvgIpc) is 3.24. The second-order valence-corrected chi connectivity index (χ2v) is 8.21. The highest BCUT2D eigenvalue weighted by atomic mass is 19.4. The molecule has 0 saturated heterocycles. The molecule has 0 radical (unpaired) electrons. The van der Waals surface area contributed by atoms with Crippen LogP contribution in [0.5, 0.6) is 5.75 Å². The normalized spacial score (nSPS) is 26.6. The van der Waals surface area contributed by atoms with E-state index in [2.05, 4.69) is 10.3 Å². The third-order valence-electron chi connectivity index (χ3n) is 6.06. The monoisotopic (exact) mass is 422 g/mol. The number of ether oxygens (including phenoxy) is 1. The fourth-order valence-electron chi connectivity index (χ4n) is 4.41. The number of aliphatic hydroxyl groups excluding tert-OH is 1. The van der Waals surface area contributed by atoms with Gasteiger partial charge in [0.2, 0.25) is 0 Å². The molecule has 0 spiro atoms. The molecule has 2 aliphatic rings. The van der Waals surface area contributed by atoms with Crippen LogP contribution in [0, 0.1) is 12.8 Å². The molecule has 2 aromatic rings. The second-order valence-electron chi connectivity index (χ2n) is 8.21. The maximum atomic E-state index is 12.7. The maximum Gasteiger partial charge on any atom is 0.416 e. The molecular weight excluding hydrogens is 397 g/mol. The highest BCUT2D eigenvalue weighted by molar-refractivity contribution is 6.00. The molecule has 5 nitrogen and oxygen atoms in total. The van der Waals surface area contributed by atoms with Crippen molar-refractivity contribution in [3.05, 3.63) is 52.8 Å². The standard InChI is InChI=1S/C22H25F3N2O3/c1-12-10-16-17(27-12)7-2-13(20(16)28)11-26-18-8-9-19(21(18)29)30-15-5-3-14(4-6-15)22(23,24)25/h3-6,10,13,18-19,21,26-27,29H,2,7-9,11H2,1H3. The largest absolute Gasteiger partial charge is 0.488 e. The third-order valence-corrected chi connectivity index (χ3v) is 6.06. The first-order valence-electron chi connectivity index (χ1n) is 10.2. The molecule has 1 aromatic carbocycles. The molecule has 1 saturated carbocycles. The van der Waals surface area contributed by atoms with E-state index in [0.717, 1.165) is 41.9 Å². The number of aromatic amines is 1. The van der Waals surface area contributed by atoms with Gasteiger partial charge < -0.3 is 20.1 Å². The van der Waals surface area contributed by atoms with E-state index in [1.54, 1.807) is 0 Å². The third kappa shape index (κ3) is 4.25. The van der Waals surface area contributed by atoms with Gasteiger partial charge in [0.05, 0.1) is 5.56 Å². The summed E-state index contributed by atoms with van der Waals surface area (Å²) in [6.07, 6.45) is -2.85. The number of halogens is 3. The van der Waals surface area contributed by atoms with E-state index in [9.17, 15) is 23.1 Å². The molecule has 2 aliphatic carbocycles. The zero-order chi connectivity index (χ0) is 21.5. The Morgan fingerprint density at radius 2 is 1.93 bits per heavy atom. The van der Waals surface area contributed by atoms with Crippen molar-refractivity contribution in [1.29, 1.82) is 0 Å². The van der Waals surface area contributed by atoms with Crippen molar-refractivity contribution in [2.24, 2.45) is 5.92 Å². The fourth-order valence-corrected chi connectivity index (χ4v) is 4.41. The Hall–Kier alpha value is -2.32. The second kappa shape index (κ2) is 8.07. The number of benzene rings is 1. The fraction of sp³-hybridized carbons (Fsp3) is 0.500. The molecule has 3 N–H and O–H groups in total. The minimum atomic E-state index is -4.39. The van der Waals surface area contributed by atoms with Gasteiger partial charge in [-0.05, 0) is 62.9 Å². The van der Waals surface area contributed by atoms with Crippen LogP contribution in [0.4, 0.5) is 13.2 Å². The first-order chi connectivity index (χ1) is 14.2. The highest BCUT2D eigenvalue weighted by Gasteiger charge is 2.38. The van der Waals surface area contributed by atoms with Crippen molar-refractivity contribution in [2.75, 3.05) is 6.54 Å². The summed E-state index contributed by atoms with van der Waals surface area (Å²) < 4.78 is 43.7. The number of hydrogen-bond acceptors (Lipinski definition) is 4. The van der Waals surface area contributed by atoms with Gasteiger partial charge in [0.25, 0.3) is 0 Å². The average molecular weight is 422 g/mol. The van der Waals surface area contributed by atoms with Gasteiger partial charge in [-0.25, -0.2) is 0 Å². The van der Waals surface area contributed by atoms with Gasteiger partial charge in [-0.1, -0.05) is 0 Å². The summed E-state index contributed by atoms with van der Waals surface area (Å²) in [7, 11) is 0. The lowest BCUT2D eigenvalue weighted by atomic mass is 9.86. The predicted molar refractivity (Wildman–Crippen MR) is 105 cm³/mol. The van der Waals surface area contributed by atoms with Crippen LogP contribution in [0.3, 0.4) is 0 Å². The van der Waals surface area contributed by atoms with E-state index in [1.165, 1.54) is 12.1 Å². The Kier molecular flexibility index (Phi) is 5.63. The lowest BCUT2D eigenvalue weighted by Gasteiger charge is -2.25. The molecular formula is C22H25F3N2O3. The van der Waals surface area contributed by atoms with Crippen LogP contribution in [0.15, 0.2) is 30.3 Å². The summed E-state index contributed by atoms with van der Waals surface area (Å²) in [6.45, 7) is 2.42. The van der Waals surface area contributed by atoms with E-state index in [1.807, 2.05) is 13.0 Å². The molecule has 0 bridgehead atoms. The van der Waals surface area contributed by atoms with Gasteiger partial charge in [-0.3, -0.25) is 4.79 Å². The van der Waals surface area contributed by atoms with Gasteiger partial charge in [-0.2, -0.15) is 13.2 Å². The topological polar surface area (TPSA) is 74.3 Å². The van der Waals surface area contributed by atoms with E-state index in [-0.39, 0.29) is 17.7 Å². The Morgan fingerprint density at radius 1 is 1.20 bits per heavy atom. The Labute approximate surface area is 172 Å². The summed E-state index contributed by atoms with van der Waals surface area (Å²) in [6, 6.07) is 6.16. The smallest absolute Gasteiger partial charge is 0.416 e. The molecule has 1 fully saturated rings. The van der Waals surface area contributed by atoms with Crippen molar-refractivity contribution in [1.82, 2.24) is 10.3 Å². The Morgan fingerprint density at radius 3 is 2.63 bits per heavy atom. The summed E-state index contributed by atoms with van der Waals surface area (Å²) in [5, 5.41) is 13.9. The minimum absolute atomic E-state index is 0.123. The number of H-pyrrole nitrogens is 1. The number of aliphatic hydroxyl groups is 1. The molecule has 1 heterocycles. The molecule has 4 atom stereocenters. The van der Waals surface area contributed by atoms with E-state index >= 15 is 0 Å². The van der Waals surface area contributed by atoms with Crippen LogP contribution in [0.25, 0.3) is 0 Å².